The van der Waals surface area contributed by atoms with Crippen molar-refractivity contribution in [3.63, 3.8) is 0 Å². The third-order valence-corrected chi connectivity index (χ3v) is 3.66. The summed E-state index contributed by atoms with van der Waals surface area (Å²) in [4.78, 5) is 0. The molecule has 0 saturated carbocycles. The summed E-state index contributed by atoms with van der Waals surface area (Å²) in [7, 11) is 0. The maximum atomic E-state index is 2.44. The van der Waals surface area contributed by atoms with Gasteiger partial charge < -0.3 is 0 Å². The van der Waals surface area contributed by atoms with Gasteiger partial charge in [0.05, 0.1) is 0 Å². The molecule has 0 heteroatoms. The molecular formula is C16H24. The van der Waals surface area contributed by atoms with Crippen molar-refractivity contribution in [3.8, 4) is 0 Å². The van der Waals surface area contributed by atoms with E-state index in [1.54, 1.807) is 16.7 Å². The highest BCUT2D eigenvalue weighted by atomic mass is 14.3. The second-order valence-electron chi connectivity index (χ2n) is 7.16. The van der Waals surface area contributed by atoms with Gasteiger partial charge in [0.2, 0.25) is 0 Å². The Labute approximate surface area is 100 Å². The van der Waals surface area contributed by atoms with Crippen molar-refractivity contribution >= 4 is 0 Å². The Hall–Kier alpha value is -0.780. The van der Waals surface area contributed by atoms with Crippen LogP contribution < -0.4 is 0 Å². The van der Waals surface area contributed by atoms with Crippen LogP contribution in [0, 0.1) is 0 Å². The molecule has 0 aromatic heterocycles. The van der Waals surface area contributed by atoms with Crippen LogP contribution in [0.25, 0.3) is 0 Å². The summed E-state index contributed by atoms with van der Waals surface area (Å²) in [6.45, 7) is 13.9. The first-order chi connectivity index (χ1) is 7.19. The fraction of sp³-hybridized carbons (Fsp3) is 0.625. The standard InChI is InChI=1S/C16H24/c1-15(2,3)12-9-11-7-8-13(11)14(10-12)16(4,5)6/h9-10H,7-8H2,1-6H3. The third-order valence-electron chi connectivity index (χ3n) is 3.66. The molecule has 1 aliphatic carbocycles. The van der Waals surface area contributed by atoms with Crippen LogP contribution in [-0.2, 0) is 23.7 Å². The number of hydrogen-bond donors (Lipinski definition) is 0. The van der Waals surface area contributed by atoms with Crippen LogP contribution in [0.3, 0.4) is 0 Å². The van der Waals surface area contributed by atoms with Crippen molar-refractivity contribution < 1.29 is 0 Å². The number of benzene rings is 1. The van der Waals surface area contributed by atoms with E-state index in [0.29, 0.717) is 0 Å². The summed E-state index contributed by atoms with van der Waals surface area (Å²) >= 11 is 0. The van der Waals surface area contributed by atoms with Crippen molar-refractivity contribution in [2.75, 3.05) is 0 Å². The second-order valence-corrected chi connectivity index (χ2v) is 7.16. The molecule has 1 aliphatic rings. The quantitative estimate of drug-likeness (QED) is 0.603. The monoisotopic (exact) mass is 216 g/mol. The highest BCUT2D eigenvalue weighted by Crippen LogP contribution is 2.38. The summed E-state index contributed by atoms with van der Waals surface area (Å²) in [6, 6.07) is 4.87. The van der Waals surface area contributed by atoms with Gasteiger partial charge in [-0.3, -0.25) is 0 Å². The lowest BCUT2D eigenvalue weighted by Crippen LogP contribution is -2.24. The maximum Gasteiger partial charge on any atom is -0.0129 e. The number of fused-ring (bicyclic) bond motifs is 1. The zero-order valence-corrected chi connectivity index (χ0v) is 11.6. The first-order valence-electron chi connectivity index (χ1n) is 6.36. The van der Waals surface area contributed by atoms with E-state index < -0.39 is 0 Å². The Bertz CT molecular complexity index is 411. The van der Waals surface area contributed by atoms with E-state index in [1.165, 1.54) is 18.4 Å². The van der Waals surface area contributed by atoms with Gasteiger partial charge in [-0.2, -0.15) is 0 Å². The van der Waals surface area contributed by atoms with E-state index in [2.05, 4.69) is 53.7 Å². The Morgan fingerprint density at radius 2 is 1.44 bits per heavy atom. The van der Waals surface area contributed by atoms with Crippen molar-refractivity contribution in [1.82, 2.24) is 0 Å². The van der Waals surface area contributed by atoms with Crippen LogP contribution in [0.2, 0.25) is 0 Å². The lowest BCUT2D eigenvalue weighted by Gasteiger charge is -2.33. The molecule has 0 N–H and O–H groups in total. The molecule has 0 radical (unpaired) electrons. The topological polar surface area (TPSA) is 0 Å². The molecule has 2 rings (SSSR count). The molecule has 1 aromatic rings. The molecule has 0 unspecified atom stereocenters. The summed E-state index contributed by atoms with van der Waals surface area (Å²) < 4.78 is 0. The molecule has 88 valence electrons. The van der Waals surface area contributed by atoms with Crippen LogP contribution in [0.1, 0.15) is 63.8 Å². The lowest BCUT2D eigenvalue weighted by molar-refractivity contribution is 0.553. The van der Waals surface area contributed by atoms with Gasteiger partial charge in [-0.15, -0.1) is 0 Å². The first-order valence-corrected chi connectivity index (χ1v) is 6.36. The molecule has 0 heterocycles. The van der Waals surface area contributed by atoms with Gasteiger partial charge in [0.25, 0.3) is 0 Å². The van der Waals surface area contributed by atoms with E-state index in [-0.39, 0.29) is 10.8 Å². The molecule has 0 spiro atoms. The molecule has 0 atom stereocenters. The molecule has 0 amide bonds. The van der Waals surface area contributed by atoms with Gasteiger partial charge in [-0.05, 0) is 45.9 Å². The van der Waals surface area contributed by atoms with E-state index in [1.807, 2.05) is 0 Å². The zero-order valence-electron chi connectivity index (χ0n) is 11.6. The van der Waals surface area contributed by atoms with Crippen molar-refractivity contribution in [2.45, 2.75) is 65.2 Å². The van der Waals surface area contributed by atoms with Crippen molar-refractivity contribution in [1.29, 1.82) is 0 Å². The minimum absolute atomic E-state index is 0.268. The van der Waals surface area contributed by atoms with E-state index >= 15 is 0 Å². The van der Waals surface area contributed by atoms with E-state index in [9.17, 15) is 0 Å². The normalized spacial score (nSPS) is 15.6. The van der Waals surface area contributed by atoms with Crippen LogP contribution >= 0.6 is 0 Å². The predicted octanol–water partition coefficient (Wildman–Crippen LogP) is 4.38. The fourth-order valence-corrected chi connectivity index (χ4v) is 2.44. The Balaban J connectivity index is 2.58. The van der Waals surface area contributed by atoms with Crippen LogP contribution in [0.15, 0.2) is 12.1 Å². The average Bonchev–Trinajstić information content (AvgIpc) is 2.02. The van der Waals surface area contributed by atoms with Crippen LogP contribution in [-0.4, -0.2) is 0 Å². The maximum absolute atomic E-state index is 2.44. The summed E-state index contributed by atoms with van der Waals surface area (Å²) in [5.74, 6) is 0. The van der Waals surface area contributed by atoms with Crippen LogP contribution in [0.4, 0.5) is 0 Å². The lowest BCUT2D eigenvalue weighted by atomic mass is 9.71. The zero-order chi connectivity index (χ0) is 12.1. The van der Waals surface area contributed by atoms with E-state index in [4.69, 9.17) is 0 Å². The number of aryl methyl sites for hydroxylation is 1. The fourth-order valence-electron chi connectivity index (χ4n) is 2.44. The SMILES string of the molecule is CC(C)(C)c1cc2c(c(C(C)(C)C)c1)CC2. The Morgan fingerprint density at radius 3 is 1.81 bits per heavy atom. The van der Waals surface area contributed by atoms with Crippen molar-refractivity contribution in [2.24, 2.45) is 0 Å². The van der Waals surface area contributed by atoms with E-state index in [0.717, 1.165) is 0 Å². The third kappa shape index (κ3) is 1.90. The van der Waals surface area contributed by atoms with Gasteiger partial charge >= 0.3 is 0 Å². The minimum Gasteiger partial charge on any atom is -0.0561 e. The Morgan fingerprint density at radius 1 is 0.812 bits per heavy atom. The summed E-state index contributed by atoms with van der Waals surface area (Å²) in [5.41, 5.74) is 6.84. The smallest absolute Gasteiger partial charge is 0.0129 e. The first kappa shape index (κ1) is 11.7. The predicted molar refractivity (Wildman–Crippen MR) is 71.3 cm³/mol. The minimum atomic E-state index is 0.268. The molecule has 16 heavy (non-hydrogen) atoms. The molecule has 0 bridgehead atoms. The largest absolute Gasteiger partial charge is 0.0561 e. The average molecular weight is 216 g/mol. The molecule has 0 saturated heterocycles. The van der Waals surface area contributed by atoms with Gasteiger partial charge in [0.15, 0.2) is 0 Å². The summed E-state index contributed by atoms with van der Waals surface area (Å²) in [6.07, 6.45) is 2.56. The van der Waals surface area contributed by atoms with Crippen molar-refractivity contribution in [3.05, 3.63) is 34.4 Å². The van der Waals surface area contributed by atoms with Gasteiger partial charge in [-0.1, -0.05) is 53.7 Å². The molecule has 1 aromatic carbocycles. The molecule has 0 fully saturated rings. The second kappa shape index (κ2) is 3.35. The number of rotatable bonds is 0. The van der Waals surface area contributed by atoms with Gasteiger partial charge in [0, 0.05) is 0 Å². The summed E-state index contributed by atoms with van der Waals surface area (Å²) in [5, 5.41) is 0. The molecule has 0 nitrogen and oxygen atoms in total. The van der Waals surface area contributed by atoms with Crippen LogP contribution in [0.5, 0.6) is 0 Å². The van der Waals surface area contributed by atoms with Gasteiger partial charge in [-0.25, -0.2) is 0 Å². The number of hydrogen-bond acceptors (Lipinski definition) is 0. The van der Waals surface area contributed by atoms with Gasteiger partial charge in [0.1, 0.15) is 0 Å². The highest BCUT2D eigenvalue weighted by Gasteiger charge is 2.27. The Kier molecular flexibility index (Phi) is 2.45. The highest BCUT2D eigenvalue weighted by molar-refractivity contribution is 5.49. The molecular weight excluding hydrogens is 192 g/mol. The molecule has 0 aliphatic heterocycles.